The average molecular weight is 737 g/mol. The number of aliphatic hydroxyl groups is 1. The van der Waals surface area contributed by atoms with E-state index in [-0.39, 0.29) is 19.4 Å². The zero-order valence-corrected chi connectivity index (χ0v) is 29.7. The van der Waals surface area contributed by atoms with Gasteiger partial charge in [-0.25, -0.2) is 4.79 Å². The summed E-state index contributed by atoms with van der Waals surface area (Å²) < 4.78 is 0. The van der Waals surface area contributed by atoms with Gasteiger partial charge in [-0.1, -0.05) is 30.3 Å². The molecule has 0 saturated heterocycles. The van der Waals surface area contributed by atoms with Crippen molar-refractivity contribution >= 4 is 47.4 Å². The summed E-state index contributed by atoms with van der Waals surface area (Å²) in [6.45, 7) is 5.98. The van der Waals surface area contributed by atoms with Crippen LogP contribution in [0.2, 0.25) is 0 Å². The summed E-state index contributed by atoms with van der Waals surface area (Å²) in [5.74, 6) is -8.34. The normalized spacial score (nSPS) is 15.1. The van der Waals surface area contributed by atoms with Gasteiger partial charge in [0.1, 0.15) is 30.2 Å². The summed E-state index contributed by atoms with van der Waals surface area (Å²) in [5.41, 5.74) is 17.0. The van der Waals surface area contributed by atoms with E-state index in [0.717, 1.165) is 4.90 Å². The summed E-state index contributed by atoms with van der Waals surface area (Å²) in [6.07, 6.45) is -2.17. The highest BCUT2D eigenvalue weighted by Crippen LogP contribution is 2.17. The molecule has 0 aromatic heterocycles. The number of carbonyl (C=O) groups excluding carboxylic acids is 6. The van der Waals surface area contributed by atoms with Crippen molar-refractivity contribution in [1.29, 1.82) is 0 Å². The highest BCUT2D eigenvalue weighted by molar-refractivity contribution is 5.97. The van der Waals surface area contributed by atoms with Gasteiger partial charge in [-0.05, 0) is 59.1 Å². The Bertz CT molecular complexity index is 1410. The SMILES string of the molecule is CC(C)N(C(=O)[C@@H](NC(=O)[C@@H](N)CC(=O)O)[C@@H](C)O)[C@@H](CCCCN)C(=O)N[C@@H](C)C(=O)N[C@@H](Cc1ccccc1)C(=O)N[C@@H](CC(N)=O)C(=O)O. The molecule has 0 radical (unpaired) electrons. The minimum absolute atomic E-state index is 0.0514. The number of rotatable bonds is 23. The van der Waals surface area contributed by atoms with Crippen molar-refractivity contribution < 1.29 is 53.7 Å². The standard InChI is InChI=1S/C33H52N8O11/c1-17(2)41(32(50)27(19(4)42)40-29(47)21(35)15-26(44)45)24(12-8-9-13-34)31(49)37-18(3)28(46)38-22(14-20-10-6-5-7-11-20)30(48)39-23(33(51)52)16-25(36)43/h5-7,10-11,17-19,21-24,27,42H,8-9,12-16,34-35H2,1-4H3,(H2,36,43)(H,37,49)(H,38,46)(H,39,48)(H,40,47)(H,44,45)(H,51,52)/t18-,19+,21-,22-,23-,24-,27-/m0/s1. The van der Waals surface area contributed by atoms with Crippen LogP contribution in [0.4, 0.5) is 0 Å². The lowest BCUT2D eigenvalue weighted by Crippen LogP contribution is -2.63. The fourth-order valence-electron chi connectivity index (χ4n) is 5.14. The molecular weight excluding hydrogens is 684 g/mol. The van der Waals surface area contributed by atoms with E-state index >= 15 is 0 Å². The van der Waals surface area contributed by atoms with Crippen molar-refractivity contribution in [2.75, 3.05) is 6.54 Å². The summed E-state index contributed by atoms with van der Waals surface area (Å²) in [6, 6.07) is -1.02. The molecule has 0 saturated carbocycles. The van der Waals surface area contributed by atoms with Crippen LogP contribution < -0.4 is 38.5 Å². The number of nitrogens with zero attached hydrogens (tertiary/aromatic N) is 1. The number of nitrogens with one attached hydrogen (secondary N) is 4. The van der Waals surface area contributed by atoms with E-state index in [0.29, 0.717) is 18.4 Å². The molecule has 0 aliphatic carbocycles. The van der Waals surface area contributed by atoms with E-state index in [4.69, 9.17) is 22.3 Å². The lowest BCUT2D eigenvalue weighted by Gasteiger charge is -2.38. The molecule has 6 amide bonds. The maximum Gasteiger partial charge on any atom is 0.326 e. The molecule has 19 heteroatoms. The molecule has 1 rings (SSSR count). The summed E-state index contributed by atoms with van der Waals surface area (Å²) in [4.78, 5) is 102. The third-order valence-electron chi connectivity index (χ3n) is 7.85. The molecule has 0 fully saturated rings. The van der Waals surface area contributed by atoms with E-state index < -0.39 is 109 Å². The number of carbonyl (C=O) groups is 8. The van der Waals surface area contributed by atoms with Gasteiger partial charge in [0.25, 0.3) is 0 Å². The van der Waals surface area contributed by atoms with Crippen molar-refractivity contribution in [3.8, 4) is 0 Å². The van der Waals surface area contributed by atoms with Crippen LogP contribution in [0.3, 0.4) is 0 Å². The van der Waals surface area contributed by atoms with Crippen molar-refractivity contribution in [3.05, 3.63) is 35.9 Å². The number of hydrogen-bond acceptors (Lipinski definition) is 11. The van der Waals surface area contributed by atoms with Gasteiger partial charge >= 0.3 is 11.9 Å². The van der Waals surface area contributed by atoms with Crippen LogP contribution in [0.15, 0.2) is 30.3 Å². The molecular formula is C33H52N8O11. The third-order valence-corrected chi connectivity index (χ3v) is 7.85. The fourth-order valence-corrected chi connectivity index (χ4v) is 5.14. The lowest BCUT2D eigenvalue weighted by atomic mass is 10.0. The van der Waals surface area contributed by atoms with E-state index in [1.807, 2.05) is 0 Å². The molecule has 13 N–H and O–H groups in total. The second kappa shape index (κ2) is 21.9. The average Bonchev–Trinajstić information content (AvgIpc) is 3.05. The Hall–Kier alpha value is -5.14. The maximum atomic E-state index is 13.9. The predicted molar refractivity (Wildman–Crippen MR) is 186 cm³/mol. The predicted octanol–water partition coefficient (Wildman–Crippen LogP) is -2.93. The molecule has 0 aliphatic heterocycles. The first kappa shape index (κ1) is 44.9. The molecule has 0 spiro atoms. The topological polar surface area (TPSA) is 327 Å². The van der Waals surface area contributed by atoms with Gasteiger partial charge in [-0.2, -0.15) is 0 Å². The van der Waals surface area contributed by atoms with Crippen molar-refractivity contribution in [3.63, 3.8) is 0 Å². The smallest absolute Gasteiger partial charge is 0.326 e. The van der Waals surface area contributed by atoms with Gasteiger partial charge in [0.15, 0.2) is 0 Å². The number of primary amides is 1. The molecule has 7 atom stereocenters. The number of nitrogens with two attached hydrogens (primary N) is 3. The quantitative estimate of drug-likeness (QED) is 0.0504. The number of benzene rings is 1. The number of aliphatic hydroxyl groups excluding tert-OH is 1. The van der Waals surface area contributed by atoms with Gasteiger partial charge in [0, 0.05) is 12.5 Å². The molecule has 0 heterocycles. The van der Waals surface area contributed by atoms with E-state index in [2.05, 4.69) is 21.3 Å². The van der Waals surface area contributed by atoms with Crippen LogP contribution >= 0.6 is 0 Å². The maximum absolute atomic E-state index is 13.9. The Morgan fingerprint density at radius 3 is 1.87 bits per heavy atom. The first-order valence-electron chi connectivity index (χ1n) is 16.7. The Morgan fingerprint density at radius 1 is 0.769 bits per heavy atom. The Kier molecular flexibility index (Phi) is 18.9. The lowest BCUT2D eigenvalue weighted by molar-refractivity contribution is -0.148. The number of carboxylic acids is 2. The van der Waals surface area contributed by atoms with Gasteiger partial charge in [-0.15, -0.1) is 0 Å². The molecule has 290 valence electrons. The second-order valence-corrected chi connectivity index (χ2v) is 12.6. The van der Waals surface area contributed by atoms with Crippen molar-refractivity contribution in [2.24, 2.45) is 17.2 Å². The Balaban J connectivity index is 3.35. The molecule has 0 bridgehead atoms. The molecule has 1 aromatic rings. The molecule has 19 nitrogen and oxygen atoms in total. The van der Waals surface area contributed by atoms with Crippen LogP contribution in [0.1, 0.15) is 65.4 Å². The third kappa shape index (κ3) is 15.0. The van der Waals surface area contributed by atoms with Gasteiger partial charge in [0.05, 0.1) is 25.0 Å². The molecule has 1 aromatic carbocycles. The van der Waals surface area contributed by atoms with Crippen LogP contribution in [0.5, 0.6) is 0 Å². The van der Waals surface area contributed by atoms with E-state index in [1.54, 1.807) is 44.2 Å². The molecule has 52 heavy (non-hydrogen) atoms. The fraction of sp³-hybridized carbons (Fsp3) is 0.576. The molecule has 0 unspecified atom stereocenters. The minimum atomic E-state index is -1.67. The summed E-state index contributed by atoms with van der Waals surface area (Å²) in [7, 11) is 0. The summed E-state index contributed by atoms with van der Waals surface area (Å²) in [5, 5.41) is 38.5. The monoisotopic (exact) mass is 736 g/mol. The Labute approximate surface area is 301 Å². The van der Waals surface area contributed by atoms with Crippen LogP contribution in [-0.2, 0) is 44.8 Å². The van der Waals surface area contributed by atoms with Crippen LogP contribution in [-0.4, -0.2) is 123 Å². The zero-order valence-electron chi connectivity index (χ0n) is 29.7. The van der Waals surface area contributed by atoms with Gasteiger partial charge in [-0.3, -0.25) is 33.6 Å². The van der Waals surface area contributed by atoms with Crippen molar-refractivity contribution in [2.45, 2.75) is 115 Å². The zero-order chi connectivity index (χ0) is 39.7. The van der Waals surface area contributed by atoms with Gasteiger partial charge < -0.3 is 58.7 Å². The number of aliphatic carboxylic acids is 2. The minimum Gasteiger partial charge on any atom is -0.481 e. The number of amides is 6. The number of carboxylic acid groups (broad SMARTS) is 2. The highest BCUT2D eigenvalue weighted by atomic mass is 16.4. The number of hydrogen-bond donors (Lipinski definition) is 10. The summed E-state index contributed by atoms with van der Waals surface area (Å²) >= 11 is 0. The number of unbranched alkanes of at least 4 members (excludes halogenated alkanes) is 1. The molecule has 0 aliphatic rings. The van der Waals surface area contributed by atoms with Crippen LogP contribution in [0, 0.1) is 0 Å². The largest absolute Gasteiger partial charge is 0.481 e. The van der Waals surface area contributed by atoms with E-state index in [1.165, 1.54) is 13.8 Å². The highest BCUT2D eigenvalue weighted by Gasteiger charge is 2.39. The van der Waals surface area contributed by atoms with Gasteiger partial charge in [0.2, 0.25) is 35.4 Å². The Morgan fingerprint density at radius 2 is 1.37 bits per heavy atom. The van der Waals surface area contributed by atoms with E-state index in [9.17, 15) is 48.6 Å². The van der Waals surface area contributed by atoms with Crippen molar-refractivity contribution in [1.82, 2.24) is 26.2 Å². The second-order valence-electron chi connectivity index (χ2n) is 12.6. The first-order valence-corrected chi connectivity index (χ1v) is 16.7. The first-order chi connectivity index (χ1) is 24.3. The van der Waals surface area contributed by atoms with Crippen LogP contribution in [0.25, 0.3) is 0 Å².